The molecule has 3 heterocycles. The van der Waals surface area contributed by atoms with Crippen LogP contribution in [0.5, 0.6) is 0 Å². The van der Waals surface area contributed by atoms with Crippen molar-refractivity contribution in [2.24, 2.45) is 7.05 Å². The van der Waals surface area contributed by atoms with Gasteiger partial charge >= 0.3 is 0 Å². The summed E-state index contributed by atoms with van der Waals surface area (Å²) in [4.78, 5) is 28.3. The zero-order chi connectivity index (χ0) is 25.3. The Hall–Kier alpha value is -2.88. The van der Waals surface area contributed by atoms with Crippen LogP contribution in [-0.4, -0.2) is 71.1 Å². The predicted octanol–water partition coefficient (Wildman–Crippen LogP) is 2.71. The van der Waals surface area contributed by atoms with Gasteiger partial charge in [-0.2, -0.15) is 0 Å². The van der Waals surface area contributed by atoms with E-state index in [2.05, 4.69) is 0 Å². The summed E-state index contributed by atoms with van der Waals surface area (Å²) in [7, 11) is 1.85. The van der Waals surface area contributed by atoms with Crippen LogP contribution in [-0.2, 0) is 26.1 Å². The SMILES string of the molecule is Cn1c([C@@H]2C=C(C(=O)N3CCCCCCC3)O[C@H](OCCOCCO)C2)cc(=O)n1-c1ccccc1. The van der Waals surface area contributed by atoms with Crippen LogP contribution in [0.1, 0.15) is 50.1 Å². The first kappa shape index (κ1) is 26.2. The fourth-order valence-corrected chi connectivity index (χ4v) is 4.89. The molecule has 0 radical (unpaired) electrons. The van der Waals surface area contributed by atoms with Gasteiger partial charge in [-0.3, -0.25) is 14.3 Å². The van der Waals surface area contributed by atoms with Crippen LogP contribution in [0.2, 0.25) is 0 Å². The largest absolute Gasteiger partial charge is 0.459 e. The van der Waals surface area contributed by atoms with Gasteiger partial charge in [0.05, 0.1) is 32.1 Å². The van der Waals surface area contributed by atoms with E-state index in [1.54, 1.807) is 10.7 Å². The predicted molar refractivity (Wildman–Crippen MR) is 135 cm³/mol. The van der Waals surface area contributed by atoms with Gasteiger partial charge in [0, 0.05) is 44.2 Å². The van der Waals surface area contributed by atoms with E-state index in [1.807, 2.05) is 53.0 Å². The molecule has 1 N–H and O–H groups in total. The number of aliphatic hydroxyl groups excluding tert-OH is 1. The third kappa shape index (κ3) is 6.46. The number of hydrogen-bond donors (Lipinski definition) is 1. The second kappa shape index (κ2) is 12.9. The highest BCUT2D eigenvalue weighted by molar-refractivity contribution is 5.91. The van der Waals surface area contributed by atoms with Gasteiger partial charge in [-0.1, -0.05) is 37.5 Å². The Labute approximate surface area is 211 Å². The molecule has 1 aromatic heterocycles. The molecule has 9 heteroatoms. The molecule has 36 heavy (non-hydrogen) atoms. The number of para-hydroxylation sites is 1. The number of carbonyl (C=O) groups is 1. The molecule has 4 rings (SSSR count). The summed E-state index contributed by atoms with van der Waals surface area (Å²) in [5.74, 6) is -0.0919. The Morgan fingerprint density at radius 2 is 1.78 bits per heavy atom. The maximum Gasteiger partial charge on any atom is 0.288 e. The monoisotopic (exact) mass is 499 g/mol. The second-order valence-electron chi connectivity index (χ2n) is 9.27. The molecule has 196 valence electrons. The van der Waals surface area contributed by atoms with Crippen LogP contribution < -0.4 is 5.56 Å². The van der Waals surface area contributed by atoms with Crippen molar-refractivity contribution in [3.05, 3.63) is 64.3 Å². The summed E-state index contributed by atoms with van der Waals surface area (Å²) in [6.45, 7) is 2.21. The number of amides is 1. The highest BCUT2D eigenvalue weighted by atomic mass is 16.7. The number of ether oxygens (including phenoxy) is 3. The van der Waals surface area contributed by atoms with Gasteiger partial charge in [0.2, 0.25) is 6.29 Å². The number of rotatable bonds is 9. The molecule has 2 aliphatic rings. The molecule has 1 amide bonds. The van der Waals surface area contributed by atoms with Crippen LogP contribution in [0.4, 0.5) is 0 Å². The maximum atomic E-state index is 13.5. The van der Waals surface area contributed by atoms with E-state index in [0.717, 1.165) is 37.1 Å². The van der Waals surface area contributed by atoms with E-state index in [0.29, 0.717) is 26.1 Å². The molecule has 1 fully saturated rings. The molecule has 1 aromatic carbocycles. The Bertz CT molecular complexity index is 1070. The third-order valence-electron chi connectivity index (χ3n) is 6.71. The van der Waals surface area contributed by atoms with E-state index in [1.165, 1.54) is 6.42 Å². The summed E-state index contributed by atoms with van der Waals surface area (Å²) in [6, 6.07) is 11.1. The molecular formula is C27H37N3O6. The van der Waals surface area contributed by atoms with Gasteiger partial charge in [-0.25, -0.2) is 4.68 Å². The van der Waals surface area contributed by atoms with Crippen LogP contribution >= 0.6 is 0 Å². The average Bonchev–Trinajstić information content (AvgIpc) is 3.17. The molecule has 0 bridgehead atoms. The van der Waals surface area contributed by atoms with Gasteiger partial charge < -0.3 is 24.2 Å². The van der Waals surface area contributed by atoms with Crippen molar-refractivity contribution in [2.45, 2.75) is 50.7 Å². The lowest BCUT2D eigenvalue weighted by atomic mass is 9.97. The topological polar surface area (TPSA) is 95.2 Å². The van der Waals surface area contributed by atoms with Crippen molar-refractivity contribution >= 4 is 5.91 Å². The quantitative estimate of drug-likeness (QED) is 0.533. The number of nitrogens with zero attached hydrogens (tertiary/aromatic N) is 3. The lowest BCUT2D eigenvalue weighted by Crippen LogP contribution is -2.38. The van der Waals surface area contributed by atoms with Gasteiger partial charge in [0.1, 0.15) is 0 Å². The van der Waals surface area contributed by atoms with E-state index < -0.39 is 6.29 Å². The average molecular weight is 500 g/mol. The Balaban J connectivity index is 1.59. The van der Waals surface area contributed by atoms with Crippen LogP contribution in [0.3, 0.4) is 0 Å². The number of aliphatic hydroxyl groups is 1. The molecule has 9 nitrogen and oxygen atoms in total. The molecule has 0 spiro atoms. The van der Waals surface area contributed by atoms with Crippen molar-refractivity contribution < 1.29 is 24.1 Å². The molecule has 2 aliphatic heterocycles. The molecule has 2 atom stereocenters. The van der Waals surface area contributed by atoms with Crippen LogP contribution in [0.25, 0.3) is 5.69 Å². The van der Waals surface area contributed by atoms with Gasteiger partial charge in [-0.15, -0.1) is 0 Å². The number of carbonyl (C=O) groups excluding carboxylic acids is 1. The zero-order valence-corrected chi connectivity index (χ0v) is 21.0. The highest BCUT2D eigenvalue weighted by Gasteiger charge is 2.33. The van der Waals surface area contributed by atoms with Gasteiger partial charge in [0.15, 0.2) is 5.76 Å². The van der Waals surface area contributed by atoms with Gasteiger partial charge in [-0.05, 0) is 31.1 Å². The molecular weight excluding hydrogens is 462 g/mol. The Kier molecular flexibility index (Phi) is 9.38. The smallest absolute Gasteiger partial charge is 0.288 e. The summed E-state index contributed by atoms with van der Waals surface area (Å²) < 4.78 is 20.7. The summed E-state index contributed by atoms with van der Waals surface area (Å²) in [5, 5.41) is 8.90. The first-order chi connectivity index (χ1) is 17.6. The summed E-state index contributed by atoms with van der Waals surface area (Å²) >= 11 is 0. The number of likely N-dealkylation sites (tertiary alicyclic amines) is 1. The fourth-order valence-electron chi connectivity index (χ4n) is 4.89. The number of aromatic nitrogens is 2. The summed E-state index contributed by atoms with van der Waals surface area (Å²) in [5.41, 5.74) is 1.43. The molecule has 0 unspecified atom stereocenters. The first-order valence-corrected chi connectivity index (χ1v) is 12.9. The minimum atomic E-state index is -0.651. The second-order valence-corrected chi connectivity index (χ2v) is 9.27. The Morgan fingerprint density at radius 1 is 1.06 bits per heavy atom. The van der Waals surface area contributed by atoms with Crippen molar-refractivity contribution in [1.29, 1.82) is 0 Å². The number of hydrogen-bond acceptors (Lipinski definition) is 6. The first-order valence-electron chi connectivity index (χ1n) is 12.9. The van der Waals surface area contributed by atoms with Crippen molar-refractivity contribution in [3.8, 4) is 5.69 Å². The maximum absolute atomic E-state index is 13.5. The van der Waals surface area contributed by atoms with Crippen molar-refractivity contribution in [2.75, 3.05) is 39.5 Å². The zero-order valence-electron chi connectivity index (χ0n) is 21.0. The number of allylic oxidation sites excluding steroid dienone is 1. The summed E-state index contributed by atoms with van der Waals surface area (Å²) in [6.07, 6.45) is 7.09. The van der Waals surface area contributed by atoms with E-state index in [9.17, 15) is 9.59 Å². The van der Waals surface area contributed by atoms with Crippen LogP contribution in [0.15, 0.2) is 53.0 Å². The van der Waals surface area contributed by atoms with Crippen LogP contribution in [0, 0.1) is 0 Å². The minimum absolute atomic E-state index is 0.0499. The molecule has 0 aliphatic carbocycles. The van der Waals surface area contributed by atoms with E-state index in [-0.39, 0.29) is 43.0 Å². The van der Waals surface area contributed by atoms with Crippen molar-refractivity contribution in [1.82, 2.24) is 14.3 Å². The number of benzene rings is 1. The highest BCUT2D eigenvalue weighted by Crippen LogP contribution is 2.32. The van der Waals surface area contributed by atoms with Crippen molar-refractivity contribution in [3.63, 3.8) is 0 Å². The lowest BCUT2D eigenvalue weighted by molar-refractivity contribution is -0.157. The minimum Gasteiger partial charge on any atom is -0.459 e. The van der Waals surface area contributed by atoms with Gasteiger partial charge in [0.25, 0.3) is 11.5 Å². The Morgan fingerprint density at radius 3 is 2.50 bits per heavy atom. The van der Waals surface area contributed by atoms with E-state index >= 15 is 0 Å². The standard InChI is InChI=1S/C27H37N3O6/c1-28-23(20-25(32)30(28)22-10-6-5-7-11-22)21-18-24(27(33)29-12-8-3-2-4-9-13-29)36-26(19-21)35-17-16-34-15-14-31/h5-7,10-11,18,20-21,26,31H,2-4,8-9,12-17,19H2,1H3/t21-,26+/m1/s1. The molecule has 1 saturated heterocycles. The molecule has 0 saturated carbocycles. The normalized spacial score (nSPS) is 20.8. The van der Waals surface area contributed by atoms with E-state index in [4.69, 9.17) is 19.3 Å². The third-order valence-corrected chi connectivity index (χ3v) is 6.71. The lowest BCUT2D eigenvalue weighted by Gasteiger charge is -2.32. The molecule has 2 aromatic rings. The fraction of sp³-hybridized carbons (Fsp3) is 0.556.